The Bertz CT molecular complexity index is 661. The molecule has 110 valence electrons. The van der Waals surface area contributed by atoms with Gasteiger partial charge in [-0.3, -0.25) is 4.79 Å². The average Bonchev–Trinajstić information content (AvgIpc) is 2.42. The lowest BCUT2D eigenvalue weighted by Gasteiger charge is -2.12. The second-order valence-corrected chi connectivity index (χ2v) is 4.57. The number of nitrogens with one attached hydrogen (secondary N) is 1. The van der Waals surface area contributed by atoms with Crippen LogP contribution >= 0.6 is 0 Å². The molecule has 0 saturated carbocycles. The number of hydrogen-bond acceptors (Lipinski definition) is 2. The maximum atomic E-state index is 12.6. The van der Waals surface area contributed by atoms with Crippen molar-refractivity contribution in [3.63, 3.8) is 0 Å². The normalized spacial score (nSPS) is 11.2. The molecule has 0 bridgehead atoms. The molecule has 0 fully saturated rings. The molecular weight excluding hydrogens is 281 g/mol. The Hall–Kier alpha value is -2.50. The van der Waals surface area contributed by atoms with E-state index in [0.717, 1.165) is 17.7 Å². The van der Waals surface area contributed by atoms with Crippen LogP contribution < -0.4 is 11.1 Å². The number of rotatable bonds is 2. The average molecular weight is 294 g/mol. The predicted octanol–water partition coefficient (Wildman–Crippen LogP) is 3.85. The van der Waals surface area contributed by atoms with Gasteiger partial charge in [0, 0.05) is 5.56 Å². The van der Waals surface area contributed by atoms with Gasteiger partial charge in [-0.15, -0.1) is 0 Å². The number of nitrogen functional groups attached to an aromatic ring is 1. The molecule has 6 heteroatoms. The first-order valence-corrected chi connectivity index (χ1v) is 6.13. The quantitative estimate of drug-likeness (QED) is 0.827. The van der Waals surface area contributed by atoms with Gasteiger partial charge < -0.3 is 11.1 Å². The minimum atomic E-state index is -4.49. The van der Waals surface area contributed by atoms with E-state index in [1.165, 1.54) is 12.1 Å². The van der Waals surface area contributed by atoms with Crippen molar-refractivity contribution in [2.24, 2.45) is 0 Å². The van der Waals surface area contributed by atoms with Crippen LogP contribution in [-0.4, -0.2) is 5.91 Å². The first kappa shape index (κ1) is 14.9. The number of carbonyl (C=O) groups excluding carboxylic acids is 1. The minimum absolute atomic E-state index is 0.0764. The van der Waals surface area contributed by atoms with Crippen LogP contribution in [0.1, 0.15) is 21.5 Å². The summed E-state index contributed by atoms with van der Waals surface area (Å²) in [5.41, 5.74) is 6.30. The topological polar surface area (TPSA) is 55.1 Å². The molecule has 21 heavy (non-hydrogen) atoms. The Morgan fingerprint density at radius 1 is 1.14 bits per heavy atom. The molecule has 2 rings (SSSR count). The number of amides is 1. The molecule has 0 saturated heterocycles. The van der Waals surface area contributed by atoms with Crippen molar-refractivity contribution < 1.29 is 18.0 Å². The summed E-state index contributed by atoms with van der Waals surface area (Å²) in [5.74, 6) is -0.637. The van der Waals surface area contributed by atoms with Crippen LogP contribution in [0.4, 0.5) is 24.5 Å². The van der Waals surface area contributed by atoms with Crippen molar-refractivity contribution in [3.05, 3.63) is 59.2 Å². The van der Waals surface area contributed by atoms with E-state index in [2.05, 4.69) is 5.32 Å². The SMILES string of the molecule is Cc1cccc(N)c1NC(=O)c1cccc(C(F)(F)F)c1. The third-order valence-corrected chi connectivity index (χ3v) is 3.00. The molecule has 0 aliphatic carbocycles. The van der Waals surface area contributed by atoms with E-state index in [1.807, 2.05) is 0 Å². The number of carbonyl (C=O) groups is 1. The van der Waals surface area contributed by atoms with Crippen LogP contribution in [0.5, 0.6) is 0 Å². The van der Waals surface area contributed by atoms with E-state index in [4.69, 9.17) is 5.73 Å². The monoisotopic (exact) mass is 294 g/mol. The van der Waals surface area contributed by atoms with Gasteiger partial charge in [0.15, 0.2) is 0 Å². The summed E-state index contributed by atoms with van der Waals surface area (Å²) in [7, 11) is 0. The fraction of sp³-hybridized carbons (Fsp3) is 0.133. The first-order chi connectivity index (χ1) is 9.79. The fourth-order valence-corrected chi connectivity index (χ4v) is 1.88. The van der Waals surface area contributed by atoms with E-state index in [0.29, 0.717) is 11.4 Å². The molecular formula is C15H13F3N2O. The zero-order chi connectivity index (χ0) is 15.6. The van der Waals surface area contributed by atoms with Gasteiger partial charge in [-0.1, -0.05) is 18.2 Å². The summed E-state index contributed by atoms with van der Waals surface area (Å²) in [5, 5.41) is 2.54. The predicted molar refractivity (Wildman–Crippen MR) is 75.0 cm³/mol. The van der Waals surface area contributed by atoms with E-state index >= 15 is 0 Å². The number of halogens is 3. The second kappa shape index (κ2) is 5.47. The van der Waals surface area contributed by atoms with Crippen molar-refractivity contribution in [1.29, 1.82) is 0 Å². The van der Waals surface area contributed by atoms with Gasteiger partial charge in [0.05, 0.1) is 16.9 Å². The summed E-state index contributed by atoms with van der Waals surface area (Å²) in [4.78, 5) is 12.1. The molecule has 0 unspecified atom stereocenters. The molecule has 0 aromatic heterocycles. The molecule has 1 amide bonds. The third kappa shape index (κ3) is 3.34. The highest BCUT2D eigenvalue weighted by Crippen LogP contribution is 2.30. The number of aryl methyl sites for hydroxylation is 1. The highest BCUT2D eigenvalue weighted by atomic mass is 19.4. The zero-order valence-electron chi connectivity index (χ0n) is 11.2. The molecule has 0 heterocycles. The van der Waals surface area contributed by atoms with E-state index in [9.17, 15) is 18.0 Å². The second-order valence-electron chi connectivity index (χ2n) is 4.57. The standard InChI is InChI=1S/C15H13F3N2O/c1-9-4-2-7-12(19)13(9)20-14(21)10-5-3-6-11(8-10)15(16,17)18/h2-8H,19H2,1H3,(H,20,21). The van der Waals surface area contributed by atoms with Crippen molar-refractivity contribution in [3.8, 4) is 0 Å². The summed E-state index contributed by atoms with van der Waals surface area (Å²) < 4.78 is 37.9. The number of anilines is 2. The smallest absolute Gasteiger partial charge is 0.397 e. The summed E-state index contributed by atoms with van der Waals surface area (Å²) in [6.45, 7) is 1.75. The maximum Gasteiger partial charge on any atom is 0.416 e. The Morgan fingerprint density at radius 3 is 2.43 bits per heavy atom. The highest BCUT2D eigenvalue weighted by molar-refractivity contribution is 6.06. The molecule has 0 aliphatic rings. The van der Waals surface area contributed by atoms with Crippen LogP contribution in [0.3, 0.4) is 0 Å². The lowest BCUT2D eigenvalue weighted by atomic mass is 10.1. The van der Waals surface area contributed by atoms with Crippen LogP contribution in [0.25, 0.3) is 0 Å². The number of hydrogen-bond donors (Lipinski definition) is 2. The van der Waals surface area contributed by atoms with Gasteiger partial charge in [-0.05, 0) is 36.8 Å². The first-order valence-electron chi connectivity index (χ1n) is 6.13. The van der Waals surface area contributed by atoms with Crippen LogP contribution in [0.15, 0.2) is 42.5 Å². The van der Waals surface area contributed by atoms with E-state index in [1.54, 1.807) is 25.1 Å². The third-order valence-electron chi connectivity index (χ3n) is 3.00. The molecule has 0 aliphatic heterocycles. The largest absolute Gasteiger partial charge is 0.416 e. The number of nitrogens with two attached hydrogens (primary N) is 1. The highest BCUT2D eigenvalue weighted by Gasteiger charge is 2.30. The van der Waals surface area contributed by atoms with Crippen molar-refractivity contribution in [2.45, 2.75) is 13.1 Å². The fourth-order valence-electron chi connectivity index (χ4n) is 1.88. The van der Waals surface area contributed by atoms with Gasteiger partial charge in [0.1, 0.15) is 0 Å². The van der Waals surface area contributed by atoms with Gasteiger partial charge >= 0.3 is 6.18 Å². The lowest BCUT2D eigenvalue weighted by Crippen LogP contribution is -2.15. The number of para-hydroxylation sites is 1. The van der Waals surface area contributed by atoms with Gasteiger partial charge in [-0.2, -0.15) is 13.2 Å². The summed E-state index contributed by atoms with van der Waals surface area (Å²) >= 11 is 0. The molecule has 2 aromatic carbocycles. The summed E-state index contributed by atoms with van der Waals surface area (Å²) in [6.07, 6.45) is -4.49. The van der Waals surface area contributed by atoms with Crippen molar-refractivity contribution in [1.82, 2.24) is 0 Å². The zero-order valence-corrected chi connectivity index (χ0v) is 11.2. The minimum Gasteiger partial charge on any atom is -0.397 e. The summed E-state index contributed by atoms with van der Waals surface area (Å²) in [6, 6.07) is 9.32. The molecule has 3 nitrogen and oxygen atoms in total. The number of alkyl halides is 3. The molecule has 3 N–H and O–H groups in total. The lowest BCUT2D eigenvalue weighted by molar-refractivity contribution is -0.137. The van der Waals surface area contributed by atoms with Crippen molar-refractivity contribution >= 4 is 17.3 Å². The van der Waals surface area contributed by atoms with Crippen LogP contribution in [0, 0.1) is 6.92 Å². The van der Waals surface area contributed by atoms with Gasteiger partial charge in [0.2, 0.25) is 0 Å². The van der Waals surface area contributed by atoms with Gasteiger partial charge in [-0.25, -0.2) is 0 Å². The molecule has 2 aromatic rings. The Balaban J connectivity index is 2.29. The Labute approximate surface area is 119 Å². The van der Waals surface area contributed by atoms with Gasteiger partial charge in [0.25, 0.3) is 5.91 Å². The van der Waals surface area contributed by atoms with E-state index < -0.39 is 17.6 Å². The van der Waals surface area contributed by atoms with Crippen LogP contribution in [0.2, 0.25) is 0 Å². The number of benzene rings is 2. The van der Waals surface area contributed by atoms with Crippen LogP contribution in [-0.2, 0) is 6.18 Å². The molecule has 0 spiro atoms. The maximum absolute atomic E-state index is 12.6. The Kier molecular flexibility index (Phi) is 3.88. The Morgan fingerprint density at radius 2 is 1.81 bits per heavy atom. The van der Waals surface area contributed by atoms with E-state index in [-0.39, 0.29) is 5.56 Å². The molecule has 0 radical (unpaired) electrons. The molecule has 0 atom stereocenters. The van der Waals surface area contributed by atoms with Crippen molar-refractivity contribution in [2.75, 3.05) is 11.1 Å².